The molecule has 0 amide bonds. The number of para-hydroxylation sites is 2. The van der Waals surface area contributed by atoms with Gasteiger partial charge in [0.15, 0.2) is 10.7 Å². The number of anilines is 1. The third-order valence-corrected chi connectivity index (χ3v) is 3.74. The van der Waals surface area contributed by atoms with Crippen LogP contribution in [0.3, 0.4) is 0 Å². The van der Waals surface area contributed by atoms with Gasteiger partial charge < -0.3 is 10.1 Å². The van der Waals surface area contributed by atoms with Crippen LogP contribution >= 0.6 is 11.6 Å². The molecule has 1 aliphatic rings. The number of aliphatic imine (C=N–C) groups is 1. The summed E-state index contributed by atoms with van der Waals surface area (Å²) in [5.41, 5.74) is 1.13. The van der Waals surface area contributed by atoms with Crippen molar-refractivity contribution in [1.82, 2.24) is 0 Å². The summed E-state index contributed by atoms with van der Waals surface area (Å²) in [6, 6.07) is 14.7. The van der Waals surface area contributed by atoms with E-state index < -0.39 is 11.8 Å². The van der Waals surface area contributed by atoms with Gasteiger partial charge in [-0.05, 0) is 18.2 Å². The van der Waals surface area contributed by atoms with Crippen LogP contribution in [-0.2, 0) is 16.1 Å². The molecule has 7 heteroatoms. The zero-order chi connectivity index (χ0) is 17.8. The van der Waals surface area contributed by atoms with E-state index in [0.717, 1.165) is 0 Å². The normalized spacial score (nSPS) is 14.5. The lowest BCUT2D eigenvalue weighted by atomic mass is 10.1. The lowest BCUT2D eigenvalue weighted by molar-refractivity contribution is -0.139. The van der Waals surface area contributed by atoms with Crippen molar-refractivity contribution in [3.05, 3.63) is 71.2 Å². The molecular formula is C18H11ClFN3O2. The third-order valence-electron chi connectivity index (χ3n) is 3.47. The average Bonchev–Trinajstić information content (AvgIpc) is 2.62. The Morgan fingerprint density at radius 2 is 1.96 bits per heavy atom. The molecule has 0 saturated carbocycles. The lowest BCUT2D eigenvalue weighted by Gasteiger charge is -2.18. The van der Waals surface area contributed by atoms with Crippen molar-refractivity contribution in [2.75, 3.05) is 5.32 Å². The number of rotatable bonds is 3. The van der Waals surface area contributed by atoms with Crippen LogP contribution in [0, 0.1) is 17.1 Å². The summed E-state index contributed by atoms with van der Waals surface area (Å²) in [4.78, 5) is 16.4. The second-order valence-corrected chi connectivity index (χ2v) is 5.43. The minimum absolute atomic E-state index is 0.0295. The molecule has 25 heavy (non-hydrogen) atoms. The van der Waals surface area contributed by atoms with Gasteiger partial charge in [0.1, 0.15) is 24.2 Å². The van der Waals surface area contributed by atoms with Gasteiger partial charge in [-0.1, -0.05) is 41.9 Å². The van der Waals surface area contributed by atoms with Gasteiger partial charge in [-0.3, -0.25) is 0 Å². The number of hydrogen-bond donors (Lipinski definition) is 1. The van der Waals surface area contributed by atoms with E-state index in [1.165, 1.54) is 18.2 Å². The van der Waals surface area contributed by atoms with Crippen molar-refractivity contribution in [2.24, 2.45) is 4.99 Å². The highest BCUT2D eigenvalue weighted by atomic mass is 35.5. The van der Waals surface area contributed by atoms with Crippen LogP contribution < -0.4 is 5.32 Å². The summed E-state index contributed by atoms with van der Waals surface area (Å²) in [5, 5.41) is 12.2. The molecule has 0 atom stereocenters. The SMILES string of the molecule is N#C/C(C(=O)OCc1ccccc1F)=C1\Nc2ccccc2N=C1Cl. The van der Waals surface area contributed by atoms with Gasteiger partial charge in [-0.2, -0.15) is 5.26 Å². The lowest BCUT2D eigenvalue weighted by Crippen LogP contribution is -2.19. The first kappa shape index (κ1) is 16.7. The number of allylic oxidation sites excluding steroid dienone is 1. The van der Waals surface area contributed by atoms with Gasteiger partial charge in [-0.25, -0.2) is 14.2 Å². The molecule has 2 aromatic rings. The van der Waals surface area contributed by atoms with E-state index in [9.17, 15) is 14.4 Å². The number of esters is 1. The fraction of sp³-hybridized carbons (Fsp3) is 0.0556. The second-order valence-electron chi connectivity index (χ2n) is 5.07. The maximum atomic E-state index is 13.6. The Bertz CT molecular complexity index is 947. The first-order valence-electron chi connectivity index (χ1n) is 7.25. The Balaban J connectivity index is 1.85. The third kappa shape index (κ3) is 3.52. The summed E-state index contributed by atoms with van der Waals surface area (Å²) < 4.78 is 18.6. The van der Waals surface area contributed by atoms with Gasteiger partial charge in [0, 0.05) is 5.56 Å². The summed E-state index contributed by atoms with van der Waals surface area (Å²) in [7, 11) is 0. The van der Waals surface area contributed by atoms with Gasteiger partial charge in [0.05, 0.1) is 11.4 Å². The Morgan fingerprint density at radius 3 is 2.72 bits per heavy atom. The van der Waals surface area contributed by atoms with E-state index in [1.807, 2.05) is 0 Å². The highest BCUT2D eigenvalue weighted by Gasteiger charge is 2.24. The molecule has 0 aromatic heterocycles. The number of halogens is 2. The van der Waals surface area contributed by atoms with Crippen LogP contribution in [0.25, 0.3) is 0 Å². The fourth-order valence-corrected chi connectivity index (χ4v) is 2.46. The highest BCUT2D eigenvalue weighted by molar-refractivity contribution is 6.70. The molecule has 2 aromatic carbocycles. The molecule has 0 aliphatic carbocycles. The first-order chi connectivity index (χ1) is 12.1. The zero-order valence-corrected chi connectivity index (χ0v) is 13.5. The fourth-order valence-electron chi connectivity index (χ4n) is 2.22. The molecule has 0 unspecified atom stereocenters. The number of fused-ring (bicyclic) bond motifs is 1. The predicted octanol–water partition coefficient (Wildman–Crippen LogP) is 4.04. The largest absolute Gasteiger partial charge is 0.457 e. The number of nitriles is 1. The monoisotopic (exact) mass is 355 g/mol. The van der Waals surface area contributed by atoms with Crippen LogP contribution in [0.15, 0.2) is 64.8 Å². The highest BCUT2D eigenvalue weighted by Crippen LogP contribution is 2.32. The van der Waals surface area contributed by atoms with Crippen LogP contribution in [0.1, 0.15) is 5.56 Å². The van der Waals surface area contributed by atoms with E-state index in [2.05, 4.69) is 10.3 Å². The number of carbonyl (C=O) groups is 1. The van der Waals surface area contributed by atoms with E-state index in [4.69, 9.17) is 16.3 Å². The first-order valence-corrected chi connectivity index (χ1v) is 7.63. The van der Waals surface area contributed by atoms with E-state index in [0.29, 0.717) is 11.4 Å². The summed E-state index contributed by atoms with van der Waals surface area (Å²) >= 11 is 6.08. The molecule has 3 rings (SSSR count). The Hall–Kier alpha value is -3.17. The predicted molar refractivity (Wildman–Crippen MR) is 91.8 cm³/mol. The van der Waals surface area contributed by atoms with Crippen LogP contribution in [-0.4, -0.2) is 11.1 Å². The molecule has 124 valence electrons. The smallest absolute Gasteiger partial charge is 0.351 e. The summed E-state index contributed by atoms with van der Waals surface area (Å²) in [6.07, 6.45) is 0. The molecule has 0 radical (unpaired) electrons. The van der Waals surface area contributed by atoms with Crippen LogP contribution in [0.5, 0.6) is 0 Å². The minimum atomic E-state index is -0.916. The Morgan fingerprint density at radius 1 is 1.24 bits per heavy atom. The molecule has 0 fully saturated rings. The second kappa shape index (κ2) is 7.16. The van der Waals surface area contributed by atoms with Crippen LogP contribution in [0.4, 0.5) is 15.8 Å². The minimum Gasteiger partial charge on any atom is -0.457 e. The number of ether oxygens (including phenoxy) is 1. The van der Waals surface area contributed by atoms with Crippen LogP contribution in [0.2, 0.25) is 0 Å². The van der Waals surface area contributed by atoms with Gasteiger partial charge >= 0.3 is 5.97 Å². The Labute approximate surface area is 148 Å². The van der Waals surface area contributed by atoms with Gasteiger partial charge in [-0.15, -0.1) is 0 Å². The molecular weight excluding hydrogens is 345 g/mol. The zero-order valence-electron chi connectivity index (χ0n) is 12.8. The van der Waals surface area contributed by atoms with Gasteiger partial charge in [0.2, 0.25) is 0 Å². The van der Waals surface area contributed by atoms with Gasteiger partial charge in [0.25, 0.3) is 0 Å². The van der Waals surface area contributed by atoms with E-state index >= 15 is 0 Å². The summed E-state index contributed by atoms with van der Waals surface area (Å²) in [6.45, 7) is -0.296. The van der Waals surface area contributed by atoms with Crippen molar-refractivity contribution >= 4 is 34.1 Å². The van der Waals surface area contributed by atoms with Crippen molar-refractivity contribution < 1.29 is 13.9 Å². The number of hydrogen-bond acceptors (Lipinski definition) is 5. The quantitative estimate of drug-likeness (QED) is 0.512. The van der Waals surface area contributed by atoms with E-state index in [1.54, 1.807) is 36.4 Å². The molecule has 1 N–H and O–H groups in total. The number of carbonyl (C=O) groups excluding carboxylic acids is 1. The van der Waals surface area contributed by atoms with Crippen molar-refractivity contribution in [2.45, 2.75) is 6.61 Å². The molecule has 0 bridgehead atoms. The molecule has 1 aliphatic heterocycles. The van der Waals surface area contributed by atoms with Crippen molar-refractivity contribution in [1.29, 1.82) is 5.26 Å². The average molecular weight is 356 g/mol. The maximum absolute atomic E-state index is 13.6. The van der Waals surface area contributed by atoms with Crippen molar-refractivity contribution in [3.8, 4) is 6.07 Å². The number of nitrogens with zero attached hydrogens (tertiary/aromatic N) is 2. The number of nitrogens with one attached hydrogen (secondary N) is 1. The maximum Gasteiger partial charge on any atom is 0.351 e. The number of benzene rings is 2. The van der Waals surface area contributed by atoms with Crippen molar-refractivity contribution in [3.63, 3.8) is 0 Å². The molecule has 5 nitrogen and oxygen atoms in total. The molecule has 0 spiro atoms. The molecule has 0 saturated heterocycles. The standard InChI is InChI=1S/C18H11ClFN3O2/c19-17-16(22-14-7-3-4-8-15(14)23-17)12(9-21)18(24)25-10-11-5-1-2-6-13(11)20/h1-8,22H,10H2/b16-12+. The van der Waals surface area contributed by atoms with E-state index in [-0.39, 0.29) is 28.6 Å². The Kier molecular flexibility index (Phi) is 4.78. The topological polar surface area (TPSA) is 74.5 Å². The molecule has 1 heterocycles. The summed E-state index contributed by atoms with van der Waals surface area (Å²) in [5.74, 6) is -1.41.